The fourth-order valence-electron chi connectivity index (χ4n) is 1.42. The zero-order chi connectivity index (χ0) is 11.1. The van der Waals surface area contributed by atoms with Crippen LogP contribution < -0.4 is 5.32 Å². The van der Waals surface area contributed by atoms with Gasteiger partial charge in [0.1, 0.15) is 0 Å². The van der Waals surface area contributed by atoms with Gasteiger partial charge < -0.3 is 5.32 Å². The summed E-state index contributed by atoms with van der Waals surface area (Å²) in [7, 11) is 2.00. The number of hydrogen-bond acceptors (Lipinski definition) is 2. The van der Waals surface area contributed by atoms with Crippen molar-refractivity contribution in [2.75, 3.05) is 7.05 Å². The van der Waals surface area contributed by atoms with Gasteiger partial charge in [0.25, 0.3) is 0 Å². The van der Waals surface area contributed by atoms with E-state index in [-0.39, 0.29) is 4.75 Å². The molecule has 0 aromatic heterocycles. The highest BCUT2D eigenvalue weighted by Crippen LogP contribution is 2.42. The number of nitrogens with one attached hydrogen (secondary N) is 1. The van der Waals surface area contributed by atoms with E-state index in [2.05, 4.69) is 31.8 Å². The van der Waals surface area contributed by atoms with E-state index >= 15 is 0 Å². The van der Waals surface area contributed by atoms with E-state index in [0.29, 0.717) is 6.04 Å². The first-order valence-electron chi connectivity index (χ1n) is 5.48. The summed E-state index contributed by atoms with van der Waals surface area (Å²) in [5.74, 6) is 0.762. The second kappa shape index (κ2) is 7.69. The third kappa shape index (κ3) is 3.90. The fraction of sp³-hybridized carbons (Fsp3) is 1.00. The summed E-state index contributed by atoms with van der Waals surface area (Å²) in [5, 5.41) is 3.25. The van der Waals surface area contributed by atoms with Gasteiger partial charge in [-0.1, -0.05) is 34.6 Å². The minimum atomic E-state index is 0.231. The average Bonchev–Trinajstić information content (AvgIpc) is 2.20. The molecule has 1 aliphatic carbocycles. The molecule has 1 fully saturated rings. The molecule has 82 valence electrons. The van der Waals surface area contributed by atoms with Crippen LogP contribution in [0.4, 0.5) is 0 Å². The Balaban J connectivity index is 0. The normalized spacial score (nSPS) is 36.0. The average molecular weight is 205 g/mol. The molecule has 2 heteroatoms. The highest BCUT2D eigenvalue weighted by atomic mass is 32.1. The van der Waals surface area contributed by atoms with Gasteiger partial charge in [0.2, 0.25) is 0 Å². The molecule has 1 aliphatic rings. The Hall–Kier alpha value is 0.310. The second-order valence-electron chi connectivity index (χ2n) is 3.20. The topological polar surface area (TPSA) is 12.0 Å². The Morgan fingerprint density at radius 3 is 1.69 bits per heavy atom. The Bertz CT molecular complexity index is 113. The quantitative estimate of drug-likeness (QED) is 0.626. The van der Waals surface area contributed by atoms with Crippen LogP contribution in [-0.4, -0.2) is 17.8 Å². The maximum absolute atomic E-state index is 4.55. The van der Waals surface area contributed by atoms with Crippen molar-refractivity contribution in [2.45, 2.75) is 58.8 Å². The van der Waals surface area contributed by atoms with Crippen LogP contribution in [0.1, 0.15) is 48.0 Å². The lowest BCUT2D eigenvalue weighted by molar-refractivity contribution is 0.184. The van der Waals surface area contributed by atoms with E-state index < -0.39 is 0 Å². The molecule has 1 N–H and O–H groups in total. The Labute approximate surface area is 90.1 Å². The summed E-state index contributed by atoms with van der Waals surface area (Å²) in [6, 6.07) is 0.621. The summed E-state index contributed by atoms with van der Waals surface area (Å²) in [6.07, 6.45) is 1.27. The molecule has 0 aromatic rings. The van der Waals surface area contributed by atoms with Gasteiger partial charge in [-0.2, -0.15) is 12.6 Å². The maximum Gasteiger partial charge on any atom is 0.0280 e. The summed E-state index contributed by atoms with van der Waals surface area (Å²) in [5.41, 5.74) is 0. The van der Waals surface area contributed by atoms with Gasteiger partial charge in [0.15, 0.2) is 0 Å². The predicted molar refractivity (Wildman–Crippen MR) is 66.7 cm³/mol. The minimum Gasteiger partial charge on any atom is -0.316 e. The van der Waals surface area contributed by atoms with Crippen molar-refractivity contribution in [1.29, 1.82) is 0 Å². The SMILES string of the molecule is CC.CC.CNC1CC(C)C1(C)S. The molecule has 1 rings (SSSR count). The van der Waals surface area contributed by atoms with Crippen LogP contribution >= 0.6 is 12.6 Å². The van der Waals surface area contributed by atoms with Crippen LogP contribution in [0.15, 0.2) is 0 Å². The van der Waals surface area contributed by atoms with Crippen LogP contribution in [0.25, 0.3) is 0 Å². The van der Waals surface area contributed by atoms with E-state index in [9.17, 15) is 0 Å². The predicted octanol–water partition coefficient (Wildman–Crippen LogP) is 3.36. The molecular weight excluding hydrogens is 178 g/mol. The van der Waals surface area contributed by atoms with Gasteiger partial charge in [0, 0.05) is 10.8 Å². The highest BCUT2D eigenvalue weighted by molar-refractivity contribution is 7.82. The van der Waals surface area contributed by atoms with Crippen molar-refractivity contribution in [2.24, 2.45) is 5.92 Å². The van der Waals surface area contributed by atoms with Gasteiger partial charge in [-0.3, -0.25) is 0 Å². The Kier molecular flexibility index (Phi) is 9.33. The van der Waals surface area contributed by atoms with Crippen molar-refractivity contribution in [3.8, 4) is 0 Å². The molecule has 1 nitrogen and oxygen atoms in total. The molecule has 1 saturated carbocycles. The lowest BCUT2D eigenvalue weighted by atomic mass is 9.70. The van der Waals surface area contributed by atoms with Crippen LogP contribution in [0.5, 0.6) is 0 Å². The molecular formula is C11H27NS. The monoisotopic (exact) mass is 205 g/mol. The number of rotatable bonds is 1. The molecule has 0 bridgehead atoms. The molecule has 0 aromatic carbocycles. The van der Waals surface area contributed by atoms with Crippen molar-refractivity contribution >= 4 is 12.6 Å². The van der Waals surface area contributed by atoms with E-state index in [0.717, 1.165) is 5.92 Å². The van der Waals surface area contributed by atoms with Gasteiger partial charge in [-0.25, -0.2) is 0 Å². The lowest BCUT2D eigenvalue weighted by Crippen LogP contribution is -2.58. The zero-order valence-electron chi connectivity index (χ0n) is 10.3. The molecule has 0 amide bonds. The third-order valence-corrected chi connectivity index (χ3v) is 3.39. The summed E-state index contributed by atoms with van der Waals surface area (Å²) >= 11 is 4.55. The molecule has 0 spiro atoms. The highest BCUT2D eigenvalue weighted by Gasteiger charge is 2.45. The summed E-state index contributed by atoms with van der Waals surface area (Å²) in [4.78, 5) is 0. The first-order valence-corrected chi connectivity index (χ1v) is 5.93. The summed E-state index contributed by atoms with van der Waals surface area (Å²) < 4.78 is 0.231. The van der Waals surface area contributed by atoms with Crippen molar-refractivity contribution in [3.63, 3.8) is 0 Å². The molecule has 3 atom stereocenters. The second-order valence-corrected chi connectivity index (χ2v) is 4.17. The van der Waals surface area contributed by atoms with Crippen LogP contribution in [0, 0.1) is 5.92 Å². The Morgan fingerprint density at radius 2 is 1.62 bits per heavy atom. The maximum atomic E-state index is 4.55. The van der Waals surface area contributed by atoms with Crippen molar-refractivity contribution in [1.82, 2.24) is 5.32 Å². The van der Waals surface area contributed by atoms with E-state index in [4.69, 9.17) is 0 Å². The van der Waals surface area contributed by atoms with Crippen molar-refractivity contribution in [3.05, 3.63) is 0 Å². The molecule has 3 unspecified atom stereocenters. The van der Waals surface area contributed by atoms with Gasteiger partial charge in [-0.05, 0) is 26.3 Å². The molecule has 0 radical (unpaired) electrons. The standard InChI is InChI=1S/C7H15NS.2C2H6/c1-5-4-6(8-3)7(5,2)9;2*1-2/h5-6,8-9H,4H2,1-3H3;2*1-2H3. The minimum absolute atomic E-state index is 0.231. The zero-order valence-corrected chi connectivity index (χ0v) is 11.2. The van der Waals surface area contributed by atoms with Crippen LogP contribution in [-0.2, 0) is 0 Å². The Morgan fingerprint density at radius 1 is 1.23 bits per heavy atom. The molecule has 13 heavy (non-hydrogen) atoms. The van der Waals surface area contributed by atoms with E-state index in [1.165, 1.54) is 6.42 Å². The van der Waals surface area contributed by atoms with Gasteiger partial charge in [-0.15, -0.1) is 0 Å². The molecule has 0 heterocycles. The largest absolute Gasteiger partial charge is 0.316 e. The van der Waals surface area contributed by atoms with Gasteiger partial charge >= 0.3 is 0 Å². The third-order valence-electron chi connectivity index (χ3n) is 2.64. The van der Waals surface area contributed by atoms with E-state index in [1.807, 2.05) is 34.7 Å². The van der Waals surface area contributed by atoms with Crippen LogP contribution in [0.3, 0.4) is 0 Å². The smallest absolute Gasteiger partial charge is 0.0280 e. The summed E-state index contributed by atoms with van der Waals surface area (Å²) in [6.45, 7) is 12.5. The van der Waals surface area contributed by atoms with Crippen LogP contribution in [0.2, 0.25) is 0 Å². The van der Waals surface area contributed by atoms with Crippen molar-refractivity contribution < 1.29 is 0 Å². The van der Waals surface area contributed by atoms with E-state index in [1.54, 1.807) is 0 Å². The molecule has 0 aliphatic heterocycles. The number of thiol groups is 1. The molecule has 0 saturated heterocycles. The fourth-order valence-corrected chi connectivity index (χ4v) is 1.76. The first-order chi connectivity index (χ1) is 6.09. The number of hydrogen-bond donors (Lipinski definition) is 2. The van der Waals surface area contributed by atoms with Gasteiger partial charge in [0.05, 0.1) is 0 Å². The first kappa shape index (κ1) is 15.8. The lowest BCUT2D eigenvalue weighted by Gasteiger charge is -2.49.